The summed E-state index contributed by atoms with van der Waals surface area (Å²) in [5.41, 5.74) is 0.926. The molecule has 1 atom stereocenters. The Bertz CT molecular complexity index is 286. The lowest BCUT2D eigenvalue weighted by Crippen LogP contribution is -2.23. The smallest absolute Gasteiger partial charge is 0.429 e. The monoisotopic (exact) mass is 180 g/mol. The van der Waals surface area contributed by atoms with Gasteiger partial charge in [-0.25, -0.2) is 4.79 Å². The van der Waals surface area contributed by atoms with Crippen LogP contribution in [0.15, 0.2) is 30.3 Å². The minimum atomic E-state index is -0.785. The van der Waals surface area contributed by atoms with Gasteiger partial charge in [-0.2, -0.15) is 4.89 Å². The highest BCUT2D eigenvalue weighted by molar-refractivity contribution is 5.59. The quantitative estimate of drug-likeness (QED) is 0.488. The number of hydrogen-bond acceptors (Lipinski definition) is 4. The van der Waals surface area contributed by atoms with Crippen LogP contribution in [0.3, 0.4) is 0 Å². The van der Waals surface area contributed by atoms with Crippen LogP contribution in [0.2, 0.25) is 0 Å². The third-order valence-corrected chi connectivity index (χ3v) is 1.76. The van der Waals surface area contributed by atoms with Gasteiger partial charge in [0.1, 0.15) is 6.61 Å². The van der Waals surface area contributed by atoms with Crippen LogP contribution in [0, 0.1) is 0 Å². The van der Waals surface area contributed by atoms with Crippen LogP contribution < -0.4 is 0 Å². The Balaban J connectivity index is 2.07. The van der Waals surface area contributed by atoms with Gasteiger partial charge >= 0.3 is 6.16 Å². The van der Waals surface area contributed by atoms with E-state index < -0.39 is 6.16 Å². The minimum absolute atomic E-state index is 0.197. The summed E-state index contributed by atoms with van der Waals surface area (Å²) >= 11 is 0. The lowest BCUT2D eigenvalue weighted by molar-refractivity contribution is -0.323. The first-order valence-corrected chi connectivity index (χ1v) is 3.91. The third kappa shape index (κ3) is 1.78. The van der Waals surface area contributed by atoms with Crippen molar-refractivity contribution in [1.29, 1.82) is 0 Å². The molecule has 0 bridgehead atoms. The Kier molecular flexibility index (Phi) is 2.14. The largest absolute Gasteiger partial charge is 0.540 e. The molecule has 4 nitrogen and oxygen atoms in total. The van der Waals surface area contributed by atoms with Gasteiger partial charge in [0.2, 0.25) is 0 Å². The maximum Gasteiger partial charge on any atom is 0.540 e. The predicted molar refractivity (Wildman–Crippen MR) is 42.7 cm³/mol. The molecule has 0 N–H and O–H groups in total. The van der Waals surface area contributed by atoms with E-state index in [1.807, 2.05) is 30.3 Å². The van der Waals surface area contributed by atoms with Crippen LogP contribution >= 0.6 is 0 Å². The predicted octanol–water partition coefficient (Wildman–Crippen LogP) is 1.83. The van der Waals surface area contributed by atoms with E-state index in [1.54, 1.807) is 0 Å². The fourth-order valence-electron chi connectivity index (χ4n) is 1.11. The van der Waals surface area contributed by atoms with Gasteiger partial charge in [0.05, 0.1) is 0 Å². The number of carbonyl (C=O) groups is 1. The van der Waals surface area contributed by atoms with Crippen molar-refractivity contribution in [1.82, 2.24) is 0 Å². The van der Waals surface area contributed by atoms with Crippen LogP contribution in [0.25, 0.3) is 0 Å². The summed E-state index contributed by atoms with van der Waals surface area (Å²) in [6.07, 6.45) is -1.11. The van der Waals surface area contributed by atoms with Crippen molar-refractivity contribution in [3.05, 3.63) is 35.9 Å². The summed E-state index contributed by atoms with van der Waals surface area (Å²) in [5.74, 6) is 0. The first kappa shape index (κ1) is 8.07. The van der Waals surface area contributed by atoms with Crippen molar-refractivity contribution >= 4 is 6.16 Å². The van der Waals surface area contributed by atoms with Crippen LogP contribution in [-0.4, -0.2) is 12.8 Å². The molecule has 13 heavy (non-hydrogen) atoms. The number of benzene rings is 1. The summed E-state index contributed by atoms with van der Waals surface area (Å²) in [7, 11) is 0. The average Bonchev–Trinajstić information content (AvgIpc) is 2.20. The van der Waals surface area contributed by atoms with E-state index in [-0.39, 0.29) is 12.7 Å². The van der Waals surface area contributed by atoms with Crippen LogP contribution in [0.1, 0.15) is 11.7 Å². The van der Waals surface area contributed by atoms with Gasteiger partial charge in [0, 0.05) is 0 Å². The van der Waals surface area contributed by atoms with E-state index in [0.717, 1.165) is 5.56 Å². The number of cyclic esters (lactones) is 1. The highest BCUT2D eigenvalue weighted by Crippen LogP contribution is 2.21. The highest BCUT2D eigenvalue weighted by atomic mass is 17.2. The van der Waals surface area contributed by atoms with Crippen molar-refractivity contribution < 1.29 is 19.3 Å². The zero-order chi connectivity index (χ0) is 9.10. The van der Waals surface area contributed by atoms with Gasteiger partial charge in [0.15, 0.2) is 6.10 Å². The Morgan fingerprint density at radius 1 is 1.23 bits per heavy atom. The molecule has 0 aliphatic carbocycles. The van der Waals surface area contributed by atoms with E-state index >= 15 is 0 Å². The molecule has 1 fully saturated rings. The van der Waals surface area contributed by atoms with Crippen molar-refractivity contribution in [2.75, 3.05) is 6.61 Å². The lowest BCUT2D eigenvalue weighted by atomic mass is 10.1. The first-order chi connectivity index (χ1) is 6.36. The van der Waals surface area contributed by atoms with Gasteiger partial charge in [0.25, 0.3) is 0 Å². The van der Waals surface area contributed by atoms with E-state index in [4.69, 9.17) is 4.89 Å². The molecule has 68 valence electrons. The van der Waals surface area contributed by atoms with Crippen molar-refractivity contribution in [2.24, 2.45) is 0 Å². The second-order valence-electron chi connectivity index (χ2n) is 2.64. The molecule has 1 aromatic carbocycles. The van der Waals surface area contributed by atoms with E-state index in [0.29, 0.717) is 0 Å². The van der Waals surface area contributed by atoms with Gasteiger partial charge in [-0.05, 0) is 5.56 Å². The Labute approximate surface area is 75.0 Å². The molecular formula is C9H8O4. The summed E-state index contributed by atoms with van der Waals surface area (Å²) in [6, 6.07) is 9.43. The second kappa shape index (κ2) is 3.45. The molecule has 0 saturated carbocycles. The summed E-state index contributed by atoms with van der Waals surface area (Å²) in [4.78, 5) is 19.6. The molecule has 0 amide bonds. The van der Waals surface area contributed by atoms with Crippen LogP contribution in [-0.2, 0) is 14.5 Å². The maximum atomic E-state index is 10.5. The lowest BCUT2D eigenvalue weighted by Gasteiger charge is -2.20. The number of rotatable bonds is 1. The van der Waals surface area contributed by atoms with Crippen molar-refractivity contribution in [2.45, 2.75) is 6.10 Å². The van der Waals surface area contributed by atoms with Crippen LogP contribution in [0.5, 0.6) is 0 Å². The van der Waals surface area contributed by atoms with Gasteiger partial charge in [-0.3, -0.25) is 4.89 Å². The first-order valence-electron chi connectivity index (χ1n) is 3.91. The molecule has 4 heteroatoms. The number of hydrogen-bond donors (Lipinski definition) is 0. The molecule has 1 saturated heterocycles. The third-order valence-electron chi connectivity index (χ3n) is 1.76. The molecule has 1 aliphatic heterocycles. The Morgan fingerprint density at radius 3 is 2.62 bits per heavy atom. The molecular weight excluding hydrogens is 172 g/mol. The number of carbonyl (C=O) groups excluding carboxylic acids is 1. The van der Waals surface area contributed by atoms with Gasteiger partial charge in [-0.1, -0.05) is 30.3 Å². The molecule has 1 heterocycles. The maximum absolute atomic E-state index is 10.5. The fraction of sp³-hybridized carbons (Fsp3) is 0.222. The summed E-state index contributed by atoms with van der Waals surface area (Å²) in [5, 5.41) is 0. The van der Waals surface area contributed by atoms with E-state index in [1.165, 1.54) is 0 Å². The molecule has 1 unspecified atom stereocenters. The molecule has 0 aromatic heterocycles. The topological polar surface area (TPSA) is 44.8 Å². The molecule has 2 rings (SSSR count). The standard InChI is InChI=1S/C9H8O4/c10-9-11-6-8(12-13-9)7-4-2-1-3-5-7/h1-5,8H,6H2. The average molecular weight is 180 g/mol. The van der Waals surface area contributed by atoms with Gasteiger partial charge < -0.3 is 4.74 Å². The van der Waals surface area contributed by atoms with Crippen molar-refractivity contribution in [3.63, 3.8) is 0 Å². The van der Waals surface area contributed by atoms with Crippen molar-refractivity contribution in [3.8, 4) is 0 Å². The number of ether oxygens (including phenoxy) is 1. The Morgan fingerprint density at radius 2 is 2.00 bits per heavy atom. The molecule has 1 aromatic rings. The van der Waals surface area contributed by atoms with Crippen LogP contribution in [0.4, 0.5) is 4.79 Å². The zero-order valence-electron chi connectivity index (χ0n) is 6.80. The molecule has 0 spiro atoms. The zero-order valence-corrected chi connectivity index (χ0v) is 6.80. The van der Waals surface area contributed by atoms with Gasteiger partial charge in [-0.15, -0.1) is 0 Å². The normalized spacial score (nSPS) is 21.8. The highest BCUT2D eigenvalue weighted by Gasteiger charge is 2.23. The Hall–Kier alpha value is -1.55. The van der Waals surface area contributed by atoms with E-state index in [2.05, 4.69) is 9.62 Å². The summed E-state index contributed by atoms with van der Waals surface area (Å²) < 4.78 is 4.66. The molecule has 1 aliphatic rings. The summed E-state index contributed by atoms with van der Waals surface area (Å²) in [6.45, 7) is 0.197. The van der Waals surface area contributed by atoms with E-state index in [9.17, 15) is 4.79 Å². The fourth-order valence-corrected chi connectivity index (χ4v) is 1.11. The SMILES string of the molecule is O=C1OCC(c2ccccc2)OO1. The second-order valence-corrected chi connectivity index (χ2v) is 2.64. The minimum Gasteiger partial charge on any atom is -0.429 e. The molecule has 0 radical (unpaired) electrons.